The van der Waals surface area contributed by atoms with Gasteiger partial charge in [-0.15, -0.1) is 11.3 Å². The van der Waals surface area contributed by atoms with E-state index in [0.717, 1.165) is 37.2 Å². The first-order chi connectivity index (χ1) is 14.7. The van der Waals surface area contributed by atoms with Crippen LogP contribution in [0, 0.1) is 0 Å². The van der Waals surface area contributed by atoms with Gasteiger partial charge in [0.15, 0.2) is 0 Å². The van der Waals surface area contributed by atoms with Gasteiger partial charge in [-0.3, -0.25) is 4.79 Å². The maximum Gasteiger partial charge on any atom is 0.259 e. The highest BCUT2D eigenvalue weighted by atomic mass is 32.1. The number of anilines is 1. The number of hydrogen-bond acceptors (Lipinski definition) is 4. The fraction of sp³-hybridized carbons (Fsp3) is 0.0400. The molecule has 0 saturated carbocycles. The predicted octanol–water partition coefficient (Wildman–Crippen LogP) is 6.38. The normalized spacial score (nSPS) is 11.0. The van der Waals surface area contributed by atoms with Gasteiger partial charge < -0.3 is 10.1 Å². The van der Waals surface area contributed by atoms with Crippen LogP contribution in [0.15, 0.2) is 84.9 Å². The number of nitrogens with one attached hydrogen (secondary N) is 1. The van der Waals surface area contributed by atoms with E-state index in [-0.39, 0.29) is 5.91 Å². The molecule has 5 heteroatoms. The molecule has 0 aliphatic rings. The molecule has 0 radical (unpaired) electrons. The lowest BCUT2D eigenvalue weighted by Crippen LogP contribution is -2.14. The van der Waals surface area contributed by atoms with Gasteiger partial charge >= 0.3 is 0 Å². The van der Waals surface area contributed by atoms with Gasteiger partial charge in [0.25, 0.3) is 5.91 Å². The third-order valence-corrected chi connectivity index (χ3v) is 6.08. The van der Waals surface area contributed by atoms with Crippen LogP contribution in [0.25, 0.3) is 31.6 Å². The van der Waals surface area contributed by atoms with Crippen LogP contribution in [-0.2, 0) is 0 Å². The third-order valence-electron chi connectivity index (χ3n) is 5.01. The van der Waals surface area contributed by atoms with Crippen LogP contribution in [-0.4, -0.2) is 18.0 Å². The lowest BCUT2D eigenvalue weighted by molar-refractivity contribution is 0.102. The van der Waals surface area contributed by atoms with Gasteiger partial charge in [-0.2, -0.15) is 0 Å². The van der Waals surface area contributed by atoms with Gasteiger partial charge in [-0.1, -0.05) is 48.5 Å². The lowest BCUT2D eigenvalue weighted by Gasteiger charge is -2.13. The summed E-state index contributed by atoms with van der Waals surface area (Å²) in [6, 6.07) is 27.4. The van der Waals surface area contributed by atoms with Crippen molar-refractivity contribution in [2.75, 3.05) is 12.4 Å². The van der Waals surface area contributed by atoms with Gasteiger partial charge in [0.1, 0.15) is 10.8 Å². The van der Waals surface area contributed by atoms with Crippen molar-refractivity contribution in [3.05, 3.63) is 90.5 Å². The van der Waals surface area contributed by atoms with E-state index in [1.807, 2.05) is 78.9 Å². The van der Waals surface area contributed by atoms with E-state index >= 15 is 0 Å². The molecule has 4 aromatic carbocycles. The molecule has 5 aromatic rings. The number of nitrogens with zero attached hydrogens (tertiary/aromatic N) is 1. The van der Waals surface area contributed by atoms with E-state index in [2.05, 4.69) is 11.4 Å². The SMILES string of the molecule is COc1cc2ccccc2cc1C(=O)Nc1ccccc1-c1nc2ccccc2s1. The molecule has 0 aliphatic carbocycles. The standard InChI is InChI=1S/C25H18N2O2S/c1-29-22-15-17-9-3-2-8-16(17)14-19(22)24(28)26-20-11-5-4-10-18(20)25-27-21-12-6-7-13-23(21)30-25/h2-15H,1H3,(H,26,28). The largest absolute Gasteiger partial charge is 0.496 e. The summed E-state index contributed by atoms with van der Waals surface area (Å²) in [7, 11) is 1.58. The van der Waals surface area contributed by atoms with Gasteiger partial charge in [-0.25, -0.2) is 4.98 Å². The van der Waals surface area contributed by atoms with Crippen molar-refractivity contribution in [1.82, 2.24) is 4.98 Å². The average molecular weight is 410 g/mol. The van der Waals surface area contributed by atoms with Crippen molar-refractivity contribution in [1.29, 1.82) is 0 Å². The van der Waals surface area contributed by atoms with Gasteiger partial charge in [0.2, 0.25) is 0 Å². The summed E-state index contributed by atoms with van der Waals surface area (Å²) in [5.74, 6) is 0.329. The molecule has 0 spiro atoms. The molecule has 30 heavy (non-hydrogen) atoms. The van der Waals surface area contributed by atoms with Crippen molar-refractivity contribution in [2.45, 2.75) is 0 Å². The smallest absolute Gasteiger partial charge is 0.259 e. The van der Waals surface area contributed by atoms with Gasteiger partial charge in [0.05, 0.1) is 28.6 Å². The molecule has 4 nitrogen and oxygen atoms in total. The molecular formula is C25H18N2O2S. The van der Waals surface area contributed by atoms with Crippen LogP contribution < -0.4 is 10.1 Å². The molecule has 0 fully saturated rings. The third kappa shape index (κ3) is 3.29. The quantitative estimate of drug-likeness (QED) is 0.374. The number of hydrogen-bond donors (Lipinski definition) is 1. The van der Waals surface area contributed by atoms with E-state index in [0.29, 0.717) is 11.3 Å². The zero-order chi connectivity index (χ0) is 20.5. The Hall–Kier alpha value is -3.70. The highest BCUT2D eigenvalue weighted by Gasteiger charge is 2.17. The maximum absolute atomic E-state index is 13.2. The molecule has 1 N–H and O–H groups in total. The molecule has 1 aromatic heterocycles. The first-order valence-electron chi connectivity index (χ1n) is 9.56. The molecule has 0 atom stereocenters. The lowest BCUT2D eigenvalue weighted by atomic mass is 10.0. The van der Waals surface area contributed by atoms with Crippen LogP contribution in [0.2, 0.25) is 0 Å². The molecule has 1 amide bonds. The van der Waals surface area contributed by atoms with Gasteiger partial charge in [-0.05, 0) is 47.2 Å². The minimum Gasteiger partial charge on any atom is -0.496 e. The Balaban J connectivity index is 1.54. The van der Waals surface area contributed by atoms with E-state index < -0.39 is 0 Å². The van der Waals surface area contributed by atoms with Crippen molar-refractivity contribution in [2.24, 2.45) is 0 Å². The summed E-state index contributed by atoms with van der Waals surface area (Å²) < 4.78 is 6.61. The summed E-state index contributed by atoms with van der Waals surface area (Å²) in [5, 5.41) is 5.95. The second-order valence-electron chi connectivity index (χ2n) is 6.89. The maximum atomic E-state index is 13.2. The fourth-order valence-corrected chi connectivity index (χ4v) is 4.53. The number of carbonyl (C=O) groups is 1. The minimum atomic E-state index is -0.217. The highest BCUT2D eigenvalue weighted by Crippen LogP contribution is 2.35. The molecule has 0 bridgehead atoms. The van der Waals surface area contributed by atoms with Crippen molar-refractivity contribution in [3.8, 4) is 16.3 Å². The topological polar surface area (TPSA) is 51.2 Å². The van der Waals surface area contributed by atoms with Crippen LogP contribution in [0.1, 0.15) is 10.4 Å². The Bertz CT molecular complexity index is 1360. The second kappa shape index (κ2) is 7.61. The summed E-state index contributed by atoms with van der Waals surface area (Å²) in [5.41, 5.74) is 3.06. The summed E-state index contributed by atoms with van der Waals surface area (Å²) in [6.07, 6.45) is 0. The molecular weight excluding hydrogens is 392 g/mol. The van der Waals surface area contributed by atoms with Crippen molar-refractivity contribution >= 4 is 43.9 Å². The average Bonchev–Trinajstić information content (AvgIpc) is 3.22. The number of para-hydroxylation sites is 2. The number of methoxy groups -OCH3 is 1. The molecule has 1 heterocycles. The summed E-state index contributed by atoms with van der Waals surface area (Å²) >= 11 is 1.61. The molecule has 0 aliphatic heterocycles. The molecule has 0 saturated heterocycles. The first-order valence-corrected chi connectivity index (χ1v) is 10.4. The van der Waals surface area contributed by atoms with Crippen LogP contribution in [0.4, 0.5) is 5.69 Å². The van der Waals surface area contributed by atoms with Crippen molar-refractivity contribution < 1.29 is 9.53 Å². The van der Waals surface area contributed by atoms with E-state index in [1.165, 1.54) is 0 Å². The number of fused-ring (bicyclic) bond motifs is 2. The number of rotatable bonds is 4. The summed E-state index contributed by atoms with van der Waals surface area (Å²) in [4.78, 5) is 17.9. The Kier molecular flexibility index (Phi) is 4.65. The molecule has 146 valence electrons. The summed E-state index contributed by atoms with van der Waals surface area (Å²) in [6.45, 7) is 0. The number of aromatic nitrogens is 1. The first kappa shape index (κ1) is 18.3. The fourth-order valence-electron chi connectivity index (χ4n) is 3.52. The zero-order valence-corrected chi connectivity index (χ0v) is 17.1. The van der Waals surface area contributed by atoms with Crippen LogP contribution in [0.5, 0.6) is 5.75 Å². The number of amides is 1. The highest BCUT2D eigenvalue weighted by molar-refractivity contribution is 7.21. The Labute approximate surface area is 177 Å². The van der Waals surface area contributed by atoms with E-state index in [4.69, 9.17) is 9.72 Å². The Morgan fingerprint density at radius 1 is 0.900 bits per heavy atom. The number of ether oxygens (including phenoxy) is 1. The monoisotopic (exact) mass is 410 g/mol. The van der Waals surface area contributed by atoms with Crippen molar-refractivity contribution in [3.63, 3.8) is 0 Å². The molecule has 0 unspecified atom stereocenters. The Morgan fingerprint density at radius 3 is 2.40 bits per heavy atom. The predicted molar refractivity (Wildman–Crippen MR) is 124 cm³/mol. The minimum absolute atomic E-state index is 0.217. The van der Waals surface area contributed by atoms with Crippen LogP contribution in [0.3, 0.4) is 0 Å². The number of thiazole rings is 1. The second-order valence-corrected chi connectivity index (χ2v) is 7.92. The van der Waals surface area contributed by atoms with E-state index in [9.17, 15) is 4.79 Å². The number of benzene rings is 4. The zero-order valence-electron chi connectivity index (χ0n) is 16.3. The van der Waals surface area contributed by atoms with Gasteiger partial charge in [0, 0.05) is 5.56 Å². The Morgan fingerprint density at radius 2 is 1.60 bits per heavy atom. The van der Waals surface area contributed by atoms with Crippen LogP contribution >= 0.6 is 11.3 Å². The van der Waals surface area contributed by atoms with E-state index in [1.54, 1.807) is 18.4 Å². The molecule has 5 rings (SSSR count). The number of carbonyl (C=O) groups excluding carboxylic acids is 1.